The summed E-state index contributed by atoms with van der Waals surface area (Å²) < 4.78 is 11.2. The van der Waals surface area contributed by atoms with Gasteiger partial charge in [-0.25, -0.2) is 4.79 Å². The van der Waals surface area contributed by atoms with Crippen molar-refractivity contribution in [2.45, 2.75) is 63.9 Å². The maximum Gasteiger partial charge on any atom is 0.337 e. The molecule has 1 heterocycles. The molecule has 2 aliphatic carbocycles. The Balaban J connectivity index is 1.77. The van der Waals surface area contributed by atoms with Crippen molar-refractivity contribution >= 4 is 11.8 Å². The summed E-state index contributed by atoms with van der Waals surface area (Å²) in [7, 11) is 1.62. The third kappa shape index (κ3) is 3.46. The second-order valence-corrected chi connectivity index (χ2v) is 7.85. The number of carbonyl (C=O) groups excluding carboxylic acids is 2. The zero-order chi connectivity index (χ0) is 19.7. The van der Waals surface area contributed by atoms with Gasteiger partial charge in [-0.1, -0.05) is 12.1 Å². The van der Waals surface area contributed by atoms with Gasteiger partial charge in [0.05, 0.1) is 12.7 Å². The second kappa shape index (κ2) is 7.82. The summed E-state index contributed by atoms with van der Waals surface area (Å²) in [6.45, 7) is 1.90. The molecule has 0 bridgehead atoms. The molecule has 0 unspecified atom stereocenters. The van der Waals surface area contributed by atoms with Crippen molar-refractivity contribution in [2.24, 2.45) is 0 Å². The van der Waals surface area contributed by atoms with Gasteiger partial charge in [0.2, 0.25) is 0 Å². The lowest BCUT2D eigenvalue weighted by Gasteiger charge is -2.34. The zero-order valence-electron chi connectivity index (χ0n) is 16.5. The number of nitrogens with one attached hydrogen (secondary N) is 1. The van der Waals surface area contributed by atoms with E-state index in [9.17, 15) is 9.59 Å². The number of esters is 1. The van der Waals surface area contributed by atoms with Gasteiger partial charge in [0.1, 0.15) is 11.9 Å². The summed E-state index contributed by atoms with van der Waals surface area (Å²) in [5.41, 5.74) is 3.88. The van der Waals surface area contributed by atoms with E-state index in [0.29, 0.717) is 23.3 Å². The van der Waals surface area contributed by atoms with Crippen molar-refractivity contribution in [3.8, 4) is 5.75 Å². The van der Waals surface area contributed by atoms with E-state index in [0.717, 1.165) is 55.5 Å². The Bertz CT molecular complexity index is 861. The van der Waals surface area contributed by atoms with Gasteiger partial charge in [-0.3, -0.25) is 4.79 Å². The number of hydrogen-bond donors (Lipinski definition) is 1. The maximum absolute atomic E-state index is 13.2. The number of hydrogen-bond acceptors (Lipinski definition) is 5. The van der Waals surface area contributed by atoms with Gasteiger partial charge in [-0.15, -0.1) is 0 Å². The summed E-state index contributed by atoms with van der Waals surface area (Å²) >= 11 is 0. The predicted molar refractivity (Wildman–Crippen MR) is 106 cm³/mol. The van der Waals surface area contributed by atoms with Crippen LogP contribution in [0.15, 0.2) is 46.8 Å². The number of dihydropyridines is 1. The highest BCUT2D eigenvalue weighted by Gasteiger charge is 2.39. The molecule has 0 saturated heterocycles. The molecule has 0 radical (unpaired) electrons. The molecule has 1 aliphatic heterocycles. The van der Waals surface area contributed by atoms with Gasteiger partial charge in [0.25, 0.3) is 0 Å². The van der Waals surface area contributed by atoms with Gasteiger partial charge in [0.15, 0.2) is 5.78 Å². The molecule has 0 spiro atoms. The standard InChI is InChI=1S/C23H27NO4/c1-14-20(23(26)28-16-8-3-4-9-16)21(15-7-5-10-17(13-15)27-2)22-18(24-14)11-6-12-19(22)25/h5,7,10,13,16,21,24H,3-4,6,8-9,11-12H2,1-2H3/t21-/m0/s1. The molecular weight excluding hydrogens is 354 g/mol. The van der Waals surface area contributed by atoms with Crippen LogP contribution in [-0.4, -0.2) is 25.0 Å². The maximum atomic E-state index is 13.2. The van der Waals surface area contributed by atoms with Crippen molar-refractivity contribution in [3.63, 3.8) is 0 Å². The minimum Gasteiger partial charge on any atom is -0.497 e. The van der Waals surface area contributed by atoms with Gasteiger partial charge in [0, 0.05) is 29.3 Å². The summed E-state index contributed by atoms with van der Waals surface area (Å²) in [4.78, 5) is 26.1. The zero-order valence-corrected chi connectivity index (χ0v) is 16.5. The van der Waals surface area contributed by atoms with Crippen LogP contribution in [0.25, 0.3) is 0 Å². The largest absolute Gasteiger partial charge is 0.497 e. The quantitative estimate of drug-likeness (QED) is 0.794. The van der Waals surface area contributed by atoms with Crippen molar-refractivity contribution in [2.75, 3.05) is 7.11 Å². The van der Waals surface area contributed by atoms with Crippen LogP contribution in [-0.2, 0) is 14.3 Å². The lowest BCUT2D eigenvalue weighted by Crippen LogP contribution is -2.35. The van der Waals surface area contributed by atoms with E-state index in [2.05, 4.69) is 5.32 Å². The fraction of sp³-hybridized carbons (Fsp3) is 0.478. The fourth-order valence-electron chi connectivity index (χ4n) is 4.63. The molecule has 4 rings (SSSR count). The van der Waals surface area contributed by atoms with Crippen molar-refractivity contribution in [1.29, 1.82) is 0 Å². The summed E-state index contributed by atoms with van der Waals surface area (Å²) in [5.74, 6) is 0.102. The van der Waals surface area contributed by atoms with Crippen molar-refractivity contribution in [3.05, 3.63) is 52.4 Å². The van der Waals surface area contributed by atoms with Gasteiger partial charge in [-0.05, 0) is 63.1 Å². The molecular formula is C23H27NO4. The number of rotatable bonds is 4. The molecule has 3 aliphatic rings. The highest BCUT2D eigenvalue weighted by molar-refractivity contribution is 6.03. The average Bonchev–Trinajstić information content (AvgIpc) is 3.20. The first-order chi connectivity index (χ1) is 13.6. The highest BCUT2D eigenvalue weighted by atomic mass is 16.5. The minimum absolute atomic E-state index is 0.0174. The lowest BCUT2D eigenvalue weighted by molar-refractivity contribution is -0.144. The van der Waals surface area contributed by atoms with Crippen molar-refractivity contribution in [1.82, 2.24) is 5.32 Å². The second-order valence-electron chi connectivity index (χ2n) is 7.85. The van der Waals surface area contributed by atoms with E-state index < -0.39 is 5.92 Å². The Hall–Kier alpha value is -2.56. The molecule has 0 aromatic heterocycles. The van der Waals surface area contributed by atoms with Gasteiger partial charge in [-0.2, -0.15) is 0 Å². The molecule has 1 fully saturated rings. The molecule has 1 atom stereocenters. The monoisotopic (exact) mass is 381 g/mol. The minimum atomic E-state index is -0.409. The first-order valence-corrected chi connectivity index (χ1v) is 10.2. The van der Waals surface area contributed by atoms with E-state index >= 15 is 0 Å². The van der Waals surface area contributed by atoms with E-state index in [1.165, 1.54) is 0 Å². The Morgan fingerprint density at radius 2 is 1.93 bits per heavy atom. The molecule has 5 heteroatoms. The third-order valence-electron chi connectivity index (χ3n) is 6.00. The Kier molecular flexibility index (Phi) is 5.25. The third-order valence-corrected chi connectivity index (χ3v) is 6.00. The van der Waals surface area contributed by atoms with E-state index in [-0.39, 0.29) is 17.9 Å². The van der Waals surface area contributed by atoms with E-state index in [1.54, 1.807) is 7.11 Å². The summed E-state index contributed by atoms with van der Waals surface area (Å²) in [6.07, 6.45) is 6.20. The number of allylic oxidation sites excluding steroid dienone is 3. The number of ketones is 1. The predicted octanol–water partition coefficient (Wildman–Crippen LogP) is 4.15. The van der Waals surface area contributed by atoms with Crippen LogP contribution >= 0.6 is 0 Å². The number of Topliss-reactive ketones (excluding diaryl/α,β-unsaturated/α-hetero) is 1. The van der Waals surface area contributed by atoms with Crippen LogP contribution in [0, 0.1) is 0 Å². The molecule has 148 valence electrons. The highest BCUT2D eigenvalue weighted by Crippen LogP contribution is 2.43. The molecule has 5 nitrogen and oxygen atoms in total. The van der Waals surface area contributed by atoms with E-state index in [4.69, 9.17) is 9.47 Å². The number of benzene rings is 1. The van der Waals surface area contributed by atoms with E-state index in [1.807, 2.05) is 31.2 Å². The fourth-order valence-corrected chi connectivity index (χ4v) is 4.63. The van der Waals surface area contributed by atoms with Crippen molar-refractivity contribution < 1.29 is 19.1 Å². The number of carbonyl (C=O) groups is 2. The Morgan fingerprint density at radius 3 is 2.68 bits per heavy atom. The Morgan fingerprint density at radius 1 is 1.14 bits per heavy atom. The normalized spacial score (nSPS) is 22.8. The number of ether oxygens (including phenoxy) is 2. The first-order valence-electron chi connectivity index (χ1n) is 10.2. The number of methoxy groups -OCH3 is 1. The van der Waals surface area contributed by atoms with Crippen LogP contribution in [0.3, 0.4) is 0 Å². The molecule has 1 aromatic rings. The van der Waals surface area contributed by atoms with Gasteiger partial charge < -0.3 is 14.8 Å². The topological polar surface area (TPSA) is 64.6 Å². The van der Waals surface area contributed by atoms with Crippen LogP contribution in [0.1, 0.15) is 63.4 Å². The van der Waals surface area contributed by atoms with Crippen LogP contribution in [0.5, 0.6) is 5.75 Å². The van der Waals surface area contributed by atoms with Crippen LogP contribution in [0.2, 0.25) is 0 Å². The van der Waals surface area contributed by atoms with Crippen LogP contribution in [0.4, 0.5) is 0 Å². The Labute approximate surface area is 165 Å². The average molecular weight is 381 g/mol. The molecule has 1 saturated carbocycles. The summed E-state index contributed by atoms with van der Waals surface area (Å²) in [5, 5.41) is 3.34. The summed E-state index contributed by atoms with van der Waals surface area (Å²) in [6, 6.07) is 7.65. The molecule has 28 heavy (non-hydrogen) atoms. The smallest absolute Gasteiger partial charge is 0.337 e. The lowest BCUT2D eigenvalue weighted by atomic mass is 9.75. The van der Waals surface area contributed by atoms with Gasteiger partial charge >= 0.3 is 5.97 Å². The molecule has 1 aromatic carbocycles. The SMILES string of the molecule is COc1cccc([C@H]2C(C(=O)OC3CCCC3)=C(C)NC3=C2C(=O)CCC3)c1. The first kappa shape index (κ1) is 18.8. The molecule has 0 amide bonds. The molecule has 1 N–H and O–H groups in total. The van der Waals surface area contributed by atoms with Crippen LogP contribution < -0.4 is 10.1 Å².